The van der Waals surface area contributed by atoms with Crippen molar-refractivity contribution in [2.75, 3.05) is 0 Å². The fraction of sp³-hybridized carbons (Fsp3) is 0.333. The molecule has 3 nitrogen and oxygen atoms in total. The highest BCUT2D eigenvalue weighted by atomic mass is 19.2. The molecule has 0 saturated carbocycles. The van der Waals surface area contributed by atoms with Crippen LogP contribution < -0.4 is 0 Å². The summed E-state index contributed by atoms with van der Waals surface area (Å²) in [5.74, 6) is 0. The summed E-state index contributed by atoms with van der Waals surface area (Å²) in [6, 6.07) is 0. The van der Waals surface area contributed by atoms with E-state index in [2.05, 4.69) is 9.98 Å². The molecule has 9 heavy (non-hydrogen) atoms. The van der Waals surface area contributed by atoms with Gasteiger partial charge in [0, 0.05) is 0 Å². The lowest BCUT2D eigenvalue weighted by Gasteiger charge is -2.10. The largest absolute Gasteiger partial charge is 0.309 e. The van der Waals surface area contributed by atoms with Crippen molar-refractivity contribution in [2.45, 2.75) is 6.42 Å². The van der Waals surface area contributed by atoms with Crippen LogP contribution in [0.4, 0.5) is 13.3 Å². The van der Waals surface area contributed by atoms with Gasteiger partial charge >= 0.3 is 6.09 Å². The van der Waals surface area contributed by atoms with Gasteiger partial charge in [-0.3, -0.25) is 0 Å². The summed E-state index contributed by atoms with van der Waals surface area (Å²) in [7, 11) is 0. The van der Waals surface area contributed by atoms with Crippen molar-refractivity contribution in [3.8, 4) is 0 Å². The third-order valence-corrected chi connectivity index (χ3v) is 0.691. The first kappa shape index (κ1) is 6.06. The SMILES string of the molecule is FC1=NC(F)N(F)C=N1. The summed E-state index contributed by atoms with van der Waals surface area (Å²) in [4.78, 5) is 5.23. The second kappa shape index (κ2) is 2.04. The Bertz CT molecular complexity index is 166. The molecule has 0 amide bonds. The molecule has 1 heterocycles. The Balaban J connectivity index is 2.70. The number of aliphatic imine (C=N–C) groups is 2. The van der Waals surface area contributed by atoms with E-state index in [1.807, 2.05) is 0 Å². The third kappa shape index (κ3) is 1.18. The lowest BCUT2D eigenvalue weighted by molar-refractivity contribution is 0.00130. The molecule has 1 atom stereocenters. The van der Waals surface area contributed by atoms with Gasteiger partial charge in [-0.15, -0.1) is 5.12 Å². The topological polar surface area (TPSA) is 28.0 Å². The fourth-order valence-corrected chi connectivity index (χ4v) is 0.334. The number of hydrogen-bond donors (Lipinski definition) is 0. The third-order valence-electron chi connectivity index (χ3n) is 0.691. The van der Waals surface area contributed by atoms with Gasteiger partial charge in [-0.05, 0) is 0 Å². The molecule has 0 spiro atoms. The average molecular weight is 137 g/mol. The molecule has 0 aromatic rings. The van der Waals surface area contributed by atoms with E-state index >= 15 is 0 Å². The molecular formula is C3H2F3N3. The maximum atomic E-state index is 11.9. The van der Waals surface area contributed by atoms with Gasteiger partial charge in [0.1, 0.15) is 6.34 Å². The number of halogens is 3. The van der Waals surface area contributed by atoms with E-state index in [0.29, 0.717) is 6.34 Å². The van der Waals surface area contributed by atoms with Crippen LogP contribution in [0.5, 0.6) is 0 Å². The molecule has 1 rings (SSSR count). The van der Waals surface area contributed by atoms with Gasteiger partial charge < -0.3 is 0 Å². The van der Waals surface area contributed by atoms with Crippen molar-refractivity contribution in [3.63, 3.8) is 0 Å². The molecular weight excluding hydrogens is 135 g/mol. The number of amidine groups is 1. The van der Waals surface area contributed by atoms with E-state index in [1.54, 1.807) is 0 Å². The molecule has 0 aromatic carbocycles. The Morgan fingerprint density at radius 2 is 2.33 bits per heavy atom. The van der Waals surface area contributed by atoms with Gasteiger partial charge in [-0.2, -0.15) is 18.8 Å². The molecule has 0 N–H and O–H groups in total. The molecule has 0 radical (unpaired) electrons. The zero-order chi connectivity index (χ0) is 6.85. The normalized spacial score (nSPS) is 26.3. The maximum Gasteiger partial charge on any atom is 0.309 e. The lowest BCUT2D eigenvalue weighted by atomic mass is 10.9. The summed E-state index contributed by atoms with van der Waals surface area (Å²) >= 11 is 0. The Morgan fingerprint density at radius 1 is 1.67 bits per heavy atom. The summed E-state index contributed by atoms with van der Waals surface area (Å²) in [6.07, 6.45) is -3.16. The molecule has 1 aliphatic heterocycles. The van der Waals surface area contributed by atoms with Crippen LogP contribution in [0.25, 0.3) is 0 Å². The van der Waals surface area contributed by atoms with Crippen LogP contribution in [0.3, 0.4) is 0 Å². The Morgan fingerprint density at radius 3 is 2.78 bits per heavy atom. The molecule has 6 heteroatoms. The monoisotopic (exact) mass is 137 g/mol. The van der Waals surface area contributed by atoms with Crippen molar-refractivity contribution in [3.05, 3.63) is 0 Å². The summed E-state index contributed by atoms with van der Waals surface area (Å²) in [6.45, 7) is 0. The lowest BCUT2D eigenvalue weighted by Crippen LogP contribution is -2.24. The van der Waals surface area contributed by atoms with E-state index in [0.717, 1.165) is 0 Å². The van der Waals surface area contributed by atoms with E-state index in [-0.39, 0.29) is 0 Å². The quantitative estimate of drug-likeness (QED) is 0.358. The first-order valence-corrected chi connectivity index (χ1v) is 2.06. The van der Waals surface area contributed by atoms with E-state index in [1.165, 1.54) is 0 Å². The zero-order valence-electron chi connectivity index (χ0n) is 4.13. The van der Waals surface area contributed by atoms with Crippen LogP contribution in [0.15, 0.2) is 9.98 Å². The van der Waals surface area contributed by atoms with Gasteiger partial charge in [0.25, 0.3) is 6.42 Å². The van der Waals surface area contributed by atoms with Crippen molar-refractivity contribution >= 4 is 12.4 Å². The highest BCUT2D eigenvalue weighted by Crippen LogP contribution is 2.06. The molecule has 0 saturated heterocycles. The highest BCUT2D eigenvalue weighted by molar-refractivity contribution is 5.83. The number of alkyl halides is 1. The molecule has 0 aliphatic carbocycles. The minimum Gasteiger partial charge on any atom is -0.193 e. The van der Waals surface area contributed by atoms with Crippen LogP contribution in [0.1, 0.15) is 0 Å². The smallest absolute Gasteiger partial charge is 0.193 e. The molecule has 1 aliphatic rings. The number of nitrogens with zero attached hydrogens (tertiary/aromatic N) is 3. The summed E-state index contributed by atoms with van der Waals surface area (Å²) < 4.78 is 35.4. The predicted octanol–water partition coefficient (Wildman–Crippen LogP) is 0.793. The number of rotatable bonds is 0. The van der Waals surface area contributed by atoms with Gasteiger partial charge in [-0.25, -0.2) is 0 Å². The van der Waals surface area contributed by atoms with Gasteiger partial charge in [-0.1, -0.05) is 4.48 Å². The minimum atomic E-state index is -2.29. The van der Waals surface area contributed by atoms with Crippen LogP contribution in [0.2, 0.25) is 0 Å². The second-order valence-corrected chi connectivity index (χ2v) is 1.30. The first-order chi connectivity index (χ1) is 4.20. The molecule has 0 fully saturated rings. The molecule has 0 aromatic heterocycles. The zero-order valence-corrected chi connectivity index (χ0v) is 4.13. The van der Waals surface area contributed by atoms with Crippen LogP contribution in [0, 0.1) is 0 Å². The van der Waals surface area contributed by atoms with Gasteiger partial charge in [0.2, 0.25) is 0 Å². The Kier molecular flexibility index (Phi) is 1.37. The van der Waals surface area contributed by atoms with Crippen LogP contribution in [-0.4, -0.2) is 24.0 Å². The van der Waals surface area contributed by atoms with E-state index in [4.69, 9.17) is 0 Å². The van der Waals surface area contributed by atoms with Crippen molar-refractivity contribution < 1.29 is 13.3 Å². The second-order valence-electron chi connectivity index (χ2n) is 1.30. The number of hydrogen-bond acceptors (Lipinski definition) is 3. The van der Waals surface area contributed by atoms with E-state index < -0.39 is 17.6 Å². The van der Waals surface area contributed by atoms with Crippen molar-refractivity contribution in [1.29, 1.82) is 0 Å². The Hall–Kier alpha value is -1.07. The predicted molar refractivity (Wildman–Crippen MR) is 24.9 cm³/mol. The molecule has 50 valence electrons. The van der Waals surface area contributed by atoms with Gasteiger partial charge in [0.15, 0.2) is 0 Å². The fourth-order valence-electron chi connectivity index (χ4n) is 0.334. The van der Waals surface area contributed by atoms with Crippen molar-refractivity contribution in [2.24, 2.45) is 9.98 Å². The maximum absolute atomic E-state index is 11.9. The Labute approximate surface area is 48.4 Å². The first-order valence-electron chi connectivity index (χ1n) is 2.06. The standard InChI is InChI=1S/C3H2F3N3/c4-2-7-1-9(6)3(5)8-2/h1,3H. The molecule has 0 bridgehead atoms. The highest BCUT2D eigenvalue weighted by Gasteiger charge is 2.17. The van der Waals surface area contributed by atoms with E-state index in [9.17, 15) is 13.3 Å². The van der Waals surface area contributed by atoms with Gasteiger partial charge in [0.05, 0.1) is 0 Å². The minimum absolute atomic E-state index is 0.382. The van der Waals surface area contributed by atoms with Crippen molar-refractivity contribution in [1.82, 2.24) is 5.12 Å². The summed E-state index contributed by atoms with van der Waals surface area (Å²) in [5.41, 5.74) is 0. The molecule has 1 unspecified atom stereocenters. The average Bonchev–Trinajstić information content (AvgIpc) is 1.80. The van der Waals surface area contributed by atoms with Crippen LogP contribution in [-0.2, 0) is 0 Å². The summed E-state index contributed by atoms with van der Waals surface area (Å²) in [5, 5.41) is -0.441. The van der Waals surface area contributed by atoms with Crippen LogP contribution >= 0.6 is 0 Å².